The van der Waals surface area contributed by atoms with E-state index < -0.39 is 11.6 Å². The highest BCUT2D eigenvalue weighted by atomic mass is 35.5. The first-order valence-corrected chi connectivity index (χ1v) is 5.53. The SMILES string of the molecule is CC1(C)NC(=O)N(Cc2cccnc2Cl)C1=O. The molecule has 17 heavy (non-hydrogen) atoms. The topological polar surface area (TPSA) is 62.3 Å². The van der Waals surface area contributed by atoms with Gasteiger partial charge in [0.25, 0.3) is 5.91 Å². The molecule has 1 fully saturated rings. The fourth-order valence-corrected chi connectivity index (χ4v) is 1.85. The molecule has 90 valence electrons. The van der Waals surface area contributed by atoms with Crippen LogP contribution < -0.4 is 5.32 Å². The zero-order chi connectivity index (χ0) is 12.6. The van der Waals surface area contributed by atoms with Gasteiger partial charge in [0.15, 0.2) is 0 Å². The molecule has 0 bridgehead atoms. The van der Waals surface area contributed by atoms with Crippen molar-refractivity contribution in [1.29, 1.82) is 0 Å². The molecule has 0 saturated carbocycles. The number of amides is 3. The molecule has 5 nitrogen and oxygen atoms in total. The molecule has 1 saturated heterocycles. The van der Waals surface area contributed by atoms with E-state index in [4.69, 9.17) is 11.6 Å². The number of nitrogens with one attached hydrogen (secondary N) is 1. The Bertz CT molecular complexity index is 487. The highest BCUT2D eigenvalue weighted by molar-refractivity contribution is 6.30. The molecule has 1 aromatic rings. The van der Waals surface area contributed by atoms with E-state index in [0.717, 1.165) is 4.90 Å². The van der Waals surface area contributed by atoms with E-state index in [-0.39, 0.29) is 12.5 Å². The van der Waals surface area contributed by atoms with Gasteiger partial charge in [0.1, 0.15) is 10.7 Å². The second-order valence-electron chi connectivity index (χ2n) is 4.40. The van der Waals surface area contributed by atoms with Crippen molar-refractivity contribution in [3.8, 4) is 0 Å². The van der Waals surface area contributed by atoms with Crippen LogP contribution in [-0.4, -0.2) is 27.4 Å². The van der Waals surface area contributed by atoms with Gasteiger partial charge in [-0.15, -0.1) is 0 Å². The number of halogens is 1. The molecule has 6 heteroatoms. The molecule has 0 radical (unpaired) electrons. The fourth-order valence-electron chi connectivity index (χ4n) is 1.67. The van der Waals surface area contributed by atoms with Gasteiger partial charge in [0.2, 0.25) is 0 Å². The molecule has 0 aliphatic carbocycles. The quantitative estimate of drug-likeness (QED) is 0.643. The molecule has 0 unspecified atom stereocenters. The third-order valence-electron chi connectivity index (χ3n) is 2.61. The molecule has 1 aromatic heterocycles. The van der Waals surface area contributed by atoms with Gasteiger partial charge in [-0.2, -0.15) is 0 Å². The Morgan fingerprint density at radius 2 is 2.18 bits per heavy atom. The summed E-state index contributed by atoms with van der Waals surface area (Å²) in [7, 11) is 0. The predicted octanol–water partition coefficient (Wildman–Crippen LogP) is 1.57. The van der Waals surface area contributed by atoms with Crippen LogP contribution >= 0.6 is 11.6 Å². The Labute approximate surface area is 104 Å². The largest absolute Gasteiger partial charge is 0.325 e. The summed E-state index contributed by atoms with van der Waals surface area (Å²) in [5.74, 6) is -0.262. The van der Waals surface area contributed by atoms with Crippen molar-refractivity contribution in [1.82, 2.24) is 15.2 Å². The summed E-state index contributed by atoms with van der Waals surface area (Å²) in [5, 5.41) is 2.91. The highest BCUT2D eigenvalue weighted by Gasteiger charge is 2.44. The average Bonchev–Trinajstić information content (AvgIpc) is 2.43. The lowest BCUT2D eigenvalue weighted by Gasteiger charge is -2.16. The fraction of sp³-hybridized carbons (Fsp3) is 0.364. The van der Waals surface area contributed by atoms with Crippen LogP contribution in [0.4, 0.5) is 4.79 Å². The van der Waals surface area contributed by atoms with Crippen molar-refractivity contribution < 1.29 is 9.59 Å². The zero-order valence-corrected chi connectivity index (χ0v) is 10.3. The summed E-state index contributed by atoms with van der Waals surface area (Å²) in [6.07, 6.45) is 1.56. The Morgan fingerprint density at radius 1 is 1.47 bits per heavy atom. The van der Waals surface area contributed by atoms with E-state index >= 15 is 0 Å². The van der Waals surface area contributed by atoms with Crippen LogP contribution in [-0.2, 0) is 11.3 Å². The van der Waals surface area contributed by atoms with Crippen LogP contribution in [0.3, 0.4) is 0 Å². The molecule has 2 heterocycles. The molecule has 0 aromatic carbocycles. The van der Waals surface area contributed by atoms with Gasteiger partial charge in [-0.1, -0.05) is 17.7 Å². The summed E-state index contributed by atoms with van der Waals surface area (Å²) in [4.78, 5) is 28.6. The lowest BCUT2D eigenvalue weighted by molar-refractivity contribution is -0.130. The summed E-state index contributed by atoms with van der Waals surface area (Å²) >= 11 is 5.89. The van der Waals surface area contributed by atoms with Crippen LogP contribution in [0.5, 0.6) is 0 Å². The lowest BCUT2D eigenvalue weighted by atomic mass is 10.1. The van der Waals surface area contributed by atoms with Gasteiger partial charge in [0.05, 0.1) is 6.54 Å². The number of nitrogens with zero attached hydrogens (tertiary/aromatic N) is 2. The monoisotopic (exact) mass is 253 g/mol. The molecule has 0 spiro atoms. The first-order chi connectivity index (χ1) is 7.92. The normalized spacial score (nSPS) is 18.4. The first-order valence-electron chi connectivity index (χ1n) is 5.15. The van der Waals surface area contributed by atoms with Crippen LogP contribution in [0.25, 0.3) is 0 Å². The Kier molecular flexibility index (Phi) is 2.79. The first kappa shape index (κ1) is 11.9. The highest BCUT2D eigenvalue weighted by Crippen LogP contribution is 2.21. The lowest BCUT2D eigenvalue weighted by Crippen LogP contribution is -2.40. The minimum atomic E-state index is -0.855. The van der Waals surface area contributed by atoms with Gasteiger partial charge >= 0.3 is 6.03 Å². The number of carbonyl (C=O) groups excluding carboxylic acids is 2. The Hall–Kier alpha value is -1.62. The van der Waals surface area contributed by atoms with Gasteiger partial charge in [0, 0.05) is 11.8 Å². The second-order valence-corrected chi connectivity index (χ2v) is 4.76. The number of rotatable bonds is 2. The summed E-state index contributed by atoms with van der Waals surface area (Å²) in [6, 6.07) is 3.05. The second kappa shape index (κ2) is 4.00. The van der Waals surface area contributed by atoms with Crippen molar-refractivity contribution >= 4 is 23.5 Å². The van der Waals surface area contributed by atoms with E-state index in [9.17, 15) is 9.59 Å². The third-order valence-corrected chi connectivity index (χ3v) is 2.95. The summed E-state index contributed by atoms with van der Waals surface area (Å²) in [6.45, 7) is 3.47. The minimum Gasteiger partial charge on any atom is -0.324 e. The summed E-state index contributed by atoms with van der Waals surface area (Å²) < 4.78 is 0. The molecule has 3 amide bonds. The number of aromatic nitrogens is 1. The Morgan fingerprint density at radius 3 is 2.71 bits per heavy atom. The van der Waals surface area contributed by atoms with Crippen molar-refractivity contribution in [2.24, 2.45) is 0 Å². The summed E-state index contributed by atoms with van der Waals surface area (Å²) in [5.41, 5.74) is -0.207. The van der Waals surface area contributed by atoms with Gasteiger partial charge in [-0.3, -0.25) is 9.69 Å². The van der Waals surface area contributed by atoms with E-state index in [1.54, 1.807) is 32.2 Å². The Balaban J connectivity index is 2.23. The maximum atomic E-state index is 11.9. The number of carbonyl (C=O) groups is 2. The van der Waals surface area contributed by atoms with Crippen molar-refractivity contribution in [3.63, 3.8) is 0 Å². The average molecular weight is 254 g/mol. The standard InChI is InChI=1S/C11H12ClN3O2/c1-11(2)9(16)15(10(17)14-11)6-7-4-3-5-13-8(7)12/h3-5H,6H2,1-2H3,(H,14,17). The van der Waals surface area contributed by atoms with Crippen LogP contribution in [0.15, 0.2) is 18.3 Å². The molecule has 1 N–H and O–H groups in total. The molecule has 1 aliphatic heterocycles. The van der Waals surface area contributed by atoms with Crippen LogP contribution in [0, 0.1) is 0 Å². The smallest absolute Gasteiger partial charge is 0.324 e. The predicted molar refractivity (Wildman–Crippen MR) is 62.4 cm³/mol. The van der Waals surface area contributed by atoms with Crippen molar-refractivity contribution in [2.45, 2.75) is 25.9 Å². The molecule has 1 aliphatic rings. The number of urea groups is 1. The van der Waals surface area contributed by atoms with Gasteiger partial charge < -0.3 is 5.32 Å². The molecular formula is C11H12ClN3O2. The van der Waals surface area contributed by atoms with Crippen molar-refractivity contribution in [3.05, 3.63) is 29.0 Å². The zero-order valence-electron chi connectivity index (χ0n) is 9.53. The molecule has 2 rings (SSSR count). The number of hydrogen-bond donors (Lipinski definition) is 1. The van der Waals surface area contributed by atoms with Crippen LogP contribution in [0.1, 0.15) is 19.4 Å². The van der Waals surface area contributed by atoms with E-state index in [2.05, 4.69) is 10.3 Å². The van der Waals surface area contributed by atoms with Crippen LogP contribution in [0.2, 0.25) is 5.15 Å². The number of pyridine rings is 1. The van der Waals surface area contributed by atoms with E-state index in [0.29, 0.717) is 10.7 Å². The minimum absolute atomic E-state index is 0.140. The molecule has 0 atom stereocenters. The van der Waals surface area contributed by atoms with Gasteiger partial charge in [-0.25, -0.2) is 9.78 Å². The number of imide groups is 1. The molecular weight excluding hydrogens is 242 g/mol. The number of hydrogen-bond acceptors (Lipinski definition) is 3. The van der Waals surface area contributed by atoms with E-state index in [1.165, 1.54) is 0 Å². The van der Waals surface area contributed by atoms with Crippen molar-refractivity contribution in [2.75, 3.05) is 0 Å². The maximum Gasteiger partial charge on any atom is 0.325 e. The maximum absolute atomic E-state index is 11.9. The van der Waals surface area contributed by atoms with E-state index in [1.807, 2.05) is 0 Å². The van der Waals surface area contributed by atoms with Gasteiger partial charge in [-0.05, 0) is 19.9 Å². The third kappa shape index (κ3) is 2.10.